The van der Waals surface area contributed by atoms with Crippen LogP contribution in [0.1, 0.15) is 36.9 Å². The Morgan fingerprint density at radius 1 is 1.19 bits per heavy atom. The van der Waals surface area contributed by atoms with Gasteiger partial charge in [0.15, 0.2) is 0 Å². The van der Waals surface area contributed by atoms with E-state index in [1.54, 1.807) is 36.1 Å². The molecule has 5 nitrogen and oxygen atoms in total. The summed E-state index contributed by atoms with van der Waals surface area (Å²) in [5.41, 5.74) is 2.38. The highest BCUT2D eigenvalue weighted by Crippen LogP contribution is 2.37. The third kappa shape index (κ3) is 3.61. The molecule has 0 radical (unpaired) electrons. The molecular weight excluding hydrogens is 367 g/mol. The molecule has 142 valence electrons. The molecule has 0 saturated heterocycles. The number of amides is 1. The normalized spacial score (nSPS) is 17.6. The van der Waals surface area contributed by atoms with E-state index in [4.69, 9.17) is 0 Å². The standard InChI is InChI=1S/C20H21FN2O3S/c1-13(14-4-6-17(21)7-5-14)22-27(25,26)18-8-9-19-16(12-18)10-11-23(19)20(24)15-2-3-15/h4-9,12-13,15,22H,2-3,10-11H2,1H3. The van der Waals surface area contributed by atoms with Crippen LogP contribution in [-0.2, 0) is 21.2 Å². The Balaban J connectivity index is 1.54. The summed E-state index contributed by atoms with van der Waals surface area (Å²) in [7, 11) is -3.73. The van der Waals surface area contributed by atoms with Crippen LogP contribution < -0.4 is 9.62 Å². The molecular formula is C20H21FN2O3S. The van der Waals surface area contributed by atoms with Crippen molar-refractivity contribution in [2.45, 2.75) is 37.1 Å². The lowest BCUT2D eigenvalue weighted by atomic mass is 10.1. The summed E-state index contributed by atoms with van der Waals surface area (Å²) in [5, 5.41) is 0. The van der Waals surface area contributed by atoms with Crippen LogP contribution in [0.25, 0.3) is 0 Å². The van der Waals surface area contributed by atoms with Crippen molar-refractivity contribution in [2.75, 3.05) is 11.4 Å². The number of halogens is 1. The van der Waals surface area contributed by atoms with Gasteiger partial charge in [-0.05, 0) is 67.6 Å². The van der Waals surface area contributed by atoms with Gasteiger partial charge in [-0.25, -0.2) is 17.5 Å². The zero-order chi connectivity index (χ0) is 19.2. The number of rotatable bonds is 5. The van der Waals surface area contributed by atoms with Crippen molar-refractivity contribution >= 4 is 21.6 Å². The fourth-order valence-corrected chi connectivity index (χ4v) is 4.73. The molecule has 1 amide bonds. The first-order chi connectivity index (χ1) is 12.8. The zero-order valence-corrected chi connectivity index (χ0v) is 15.8. The maximum absolute atomic E-state index is 13.1. The lowest BCUT2D eigenvalue weighted by Crippen LogP contribution is -2.30. The molecule has 7 heteroatoms. The Morgan fingerprint density at radius 2 is 1.89 bits per heavy atom. The van der Waals surface area contributed by atoms with Gasteiger partial charge in [-0.1, -0.05) is 12.1 Å². The molecule has 1 unspecified atom stereocenters. The van der Waals surface area contributed by atoms with Crippen LogP contribution in [0, 0.1) is 11.7 Å². The summed E-state index contributed by atoms with van der Waals surface area (Å²) in [6.07, 6.45) is 2.55. The molecule has 2 aromatic carbocycles. The molecule has 1 saturated carbocycles. The molecule has 1 N–H and O–H groups in total. The van der Waals surface area contributed by atoms with Gasteiger partial charge < -0.3 is 4.90 Å². The van der Waals surface area contributed by atoms with E-state index < -0.39 is 16.1 Å². The Bertz CT molecular complexity index is 985. The number of hydrogen-bond acceptors (Lipinski definition) is 3. The molecule has 2 aromatic rings. The Labute approximate surface area is 158 Å². The lowest BCUT2D eigenvalue weighted by molar-refractivity contribution is -0.119. The molecule has 1 atom stereocenters. The van der Waals surface area contributed by atoms with Crippen LogP contribution in [0.3, 0.4) is 0 Å². The van der Waals surface area contributed by atoms with Crippen LogP contribution >= 0.6 is 0 Å². The first kappa shape index (κ1) is 18.1. The van der Waals surface area contributed by atoms with Crippen molar-refractivity contribution < 1.29 is 17.6 Å². The first-order valence-electron chi connectivity index (χ1n) is 9.07. The predicted octanol–water partition coefficient (Wildman–Crippen LogP) is 3.16. The molecule has 0 spiro atoms. The second kappa shape index (κ2) is 6.73. The van der Waals surface area contributed by atoms with E-state index in [0.29, 0.717) is 18.5 Å². The van der Waals surface area contributed by atoms with E-state index >= 15 is 0 Å². The third-order valence-corrected chi connectivity index (χ3v) is 6.69. The van der Waals surface area contributed by atoms with Crippen LogP contribution in [0.5, 0.6) is 0 Å². The van der Waals surface area contributed by atoms with Crippen molar-refractivity contribution in [3.63, 3.8) is 0 Å². The van der Waals surface area contributed by atoms with Crippen molar-refractivity contribution in [3.8, 4) is 0 Å². The van der Waals surface area contributed by atoms with Gasteiger partial charge in [0.2, 0.25) is 15.9 Å². The summed E-state index contributed by atoms with van der Waals surface area (Å²) in [6.45, 7) is 2.32. The monoisotopic (exact) mass is 388 g/mol. The molecule has 1 fully saturated rings. The number of benzene rings is 2. The average Bonchev–Trinajstić information content (AvgIpc) is 3.40. The highest BCUT2D eigenvalue weighted by Gasteiger charge is 2.36. The topological polar surface area (TPSA) is 66.5 Å². The summed E-state index contributed by atoms with van der Waals surface area (Å²) in [5.74, 6) is -0.0808. The van der Waals surface area contributed by atoms with Crippen LogP contribution in [0.4, 0.5) is 10.1 Å². The van der Waals surface area contributed by atoms with Gasteiger partial charge >= 0.3 is 0 Å². The van der Waals surface area contributed by atoms with Crippen LogP contribution in [0.2, 0.25) is 0 Å². The second-order valence-electron chi connectivity index (χ2n) is 7.20. The SMILES string of the molecule is CC(NS(=O)(=O)c1ccc2c(c1)CCN2C(=O)C1CC1)c1ccc(F)cc1. The van der Waals surface area contributed by atoms with Gasteiger partial charge in [-0.15, -0.1) is 0 Å². The second-order valence-corrected chi connectivity index (χ2v) is 8.91. The molecule has 4 rings (SSSR count). The Morgan fingerprint density at radius 3 is 2.56 bits per heavy atom. The number of carbonyl (C=O) groups is 1. The van der Waals surface area contributed by atoms with Crippen molar-refractivity contribution in [1.29, 1.82) is 0 Å². The summed E-state index contributed by atoms with van der Waals surface area (Å²) >= 11 is 0. The summed E-state index contributed by atoms with van der Waals surface area (Å²) in [6, 6.07) is 10.2. The summed E-state index contributed by atoms with van der Waals surface area (Å²) in [4.78, 5) is 14.3. The molecule has 0 aromatic heterocycles. The first-order valence-corrected chi connectivity index (χ1v) is 10.6. The third-order valence-electron chi connectivity index (χ3n) is 5.15. The fraction of sp³-hybridized carbons (Fsp3) is 0.350. The number of fused-ring (bicyclic) bond motifs is 1. The minimum absolute atomic E-state index is 0.137. The smallest absolute Gasteiger partial charge is 0.241 e. The van der Waals surface area contributed by atoms with E-state index in [1.807, 2.05) is 0 Å². The van der Waals surface area contributed by atoms with E-state index in [2.05, 4.69) is 4.72 Å². The van der Waals surface area contributed by atoms with Gasteiger partial charge in [0.25, 0.3) is 0 Å². The van der Waals surface area contributed by atoms with Crippen molar-refractivity contribution in [2.24, 2.45) is 5.92 Å². The minimum Gasteiger partial charge on any atom is -0.312 e. The zero-order valence-electron chi connectivity index (χ0n) is 15.0. The lowest BCUT2D eigenvalue weighted by Gasteiger charge is -2.18. The number of carbonyl (C=O) groups excluding carboxylic acids is 1. The van der Waals surface area contributed by atoms with E-state index in [9.17, 15) is 17.6 Å². The molecule has 1 heterocycles. The predicted molar refractivity (Wildman–Crippen MR) is 100 cm³/mol. The molecule has 27 heavy (non-hydrogen) atoms. The number of hydrogen-bond donors (Lipinski definition) is 1. The van der Waals surface area contributed by atoms with Crippen molar-refractivity contribution in [3.05, 3.63) is 59.4 Å². The molecule has 0 bridgehead atoms. The van der Waals surface area contributed by atoms with Gasteiger partial charge in [-0.2, -0.15) is 0 Å². The molecule has 1 aliphatic heterocycles. The molecule has 1 aliphatic carbocycles. The number of nitrogens with one attached hydrogen (secondary N) is 1. The van der Waals surface area contributed by atoms with Crippen LogP contribution in [-0.4, -0.2) is 20.9 Å². The van der Waals surface area contributed by atoms with Crippen molar-refractivity contribution in [1.82, 2.24) is 4.72 Å². The Kier molecular flexibility index (Phi) is 4.52. The fourth-order valence-electron chi connectivity index (χ4n) is 3.45. The van der Waals surface area contributed by atoms with E-state index in [-0.39, 0.29) is 22.5 Å². The maximum atomic E-state index is 13.1. The quantitative estimate of drug-likeness (QED) is 0.856. The highest BCUT2D eigenvalue weighted by molar-refractivity contribution is 7.89. The number of anilines is 1. The largest absolute Gasteiger partial charge is 0.312 e. The van der Waals surface area contributed by atoms with Gasteiger partial charge in [0.1, 0.15) is 5.82 Å². The molecule has 2 aliphatic rings. The highest BCUT2D eigenvalue weighted by atomic mass is 32.2. The average molecular weight is 388 g/mol. The number of nitrogens with zero attached hydrogens (tertiary/aromatic N) is 1. The Hall–Kier alpha value is -2.25. The van der Waals surface area contributed by atoms with Crippen LogP contribution in [0.15, 0.2) is 47.4 Å². The van der Waals surface area contributed by atoms with Gasteiger partial charge in [0, 0.05) is 24.2 Å². The minimum atomic E-state index is -3.73. The van der Waals surface area contributed by atoms with E-state index in [0.717, 1.165) is 24.1 Å². The van der Waals surface area contributed by atoms with Gasteiger partial charge in [-0.3, -0.25) is 4.79 Å². The van der Waals surface area contributed by atoms with E-state index in [1.165, 1.54) is 18.2 Å². The summed E-state index contributed by atoms with van der Waals surface area (Å²) < 4.78 is 41.2. The van der Waals surface area contributed by atoms with Gasteiger partial charge in [0.05, 0.1) is 4.90 Å². The maximum Gasteiger partial charge on any atom is 0.241 e. The number of sulfonamides is 1.